The number of Topliss-reactive ketones (excluding diaryl/α,β-unsaturated/α-hetero) is 1. The van der Waals surface area contributed by atoms with E-state index in [9.17, 15) is 10.1 Å². The number of allylic oxidation sites excluding steroid dienone is 2. The standard InChI is InChI=1S/C31H28N2O3/c1-20-27(18-32)30(23-10-14-26(15-11-23)36-19-21-6-4-3-5-7-21)31-28(33-20)16-24(17-29(31)34)22-8-12-25(35-2)13-9-22/h3-15,24,27,30H,16-17,19H2,1-2H3/t24-,27?,30-/m0/s1. The zero-order valence-corrected chi connectivity index (χ0v) is 20.5. The molecule has 2 aliphatic rings. The number of aliphatic imine (C=N–C) groups is 1. The van der Waals surface area contributed by atoms with Crippen molar-refractivity contribution in [1.82, 2.24) is 0 Å². The first-order chi connectivity index (χ1) is 17.6. The summed E-state index contributed by atoms with van der Waals surface area (Å²) in [4.78, 5) is 18.3. The average Bonchev–Trinajstić information content (AvgIpc) is 2.92. The van der Waals surface area contributed by atoms with E-state index in [4.69, 9.17) is 14.5 Å². The highest BCUT2D eigenvalue weighted by Gasteiger charge is 2.41. The number of hydrogen-bond acceptors (Lipinski definition) is 5. The van der Waals surface area contributed by atoms with Gasteiger partial charge in [-0.05, 0) is 60.2 Å². The second kappa shape index (κ2) is 10.2. The van der Waals surface area contributed by atoms with E-state index in [2.05, 4.69) is 6.07 Å². The average molecular weight is 477 g/mol. The molecule has 1 unspecified atom stereocenters. The third kappa shape index (κ3) is 4.67. The highest BCUT2D eigenvalue weighted by Crippen LogP contribution is 2.46. The molecule has 0 aromatic heterocycles. The predicted molar refractivity (Wildman–Crippen MR) is 139 cm³/mol. The summed E-state index contributed by atoms with van der Waals surface area (Å²) in [5.74, 6) is 0.882. The molecule has 36 heavy (non-hydrogen) atoms. The lowest BCUT2D eigenvalue weighted by Gasteiger charge is -2.35. The number of ketones is 1. The molecule has 0 saturated carbocycles. The minimum absolute atomic E-state index is 0.0618. The topological polar surface area (TPSA) is 71.7 Å². The molecule has 3 aromatic rings. The molecule has 0 bridgehead atoms. The van der Waals surface area contributed by atoms with Gasteiger partial charge in [-0.3, -0.25) is 9.79 Å². The van der Waals surface area contributed by atoms with E-state index < -0.39 is 5.92 Å². The summed E-state index contributed by atoms with van der Waals surface area (Å²) < 4.78 is 11.2. The number of ether oxygens (including phenoxy) is 2. The number of carbonyl (C=O) groups is 1. The minimum atomic E-state index is -0.471. The van der Waals surface area contributed by atoms with Crippen LogP contribution in [-0.2, 0) is 11.4 Å². The summed E-state index contributed by atoms with van der Waals surface area (Å²) in [5.41, 5.74) is 5.39. The van der Waals surface area contributed by atoms with Gasteiger partial charge in [0.05, 0.1) is 19.1 Å². The van der Waals surface area contributed by atoms with Crippen molar-refractivity contribution in [2.24, 2.45) is 10.9 Å². The Bertz CT molecular complexity index is 1350. The van der Waals surface area contributed by atoms with Crippen molar-refractivity contribution in [1.29, 1.82) is 5.26 Å². The number of carbonyl (C=O) groups excluding carboxylic acids is 1. The summed E-state index contributed by atoms with van der Waals surface area (Å²) in [5, 5.41) is 10.0. The molecule has 0 amide bonds. The van der Waals surface area contributed by atoms with Crippen molar-refractivity contribution in [3.63, 3.8) is 0 Å². The molecule has 5 nitrogen and oxygen atoms in total. The summed E-state index contributed by atoms with van der Waals surface area (Å²) in [6, 6.07) is 28.1. The fourth-order valence-corrected chi connectivity index (χ4v) is 5.21. The van der Waals surface area contributed by atoms with Crippen LogP contribution in [0.5, 0.6) is 11.5 Å². The molecule has 1 heterocycles. The second-order valence-electron chi connectivity index (χ2n) is 9.34. The van der Waals surface area contributed by atoms with Gasteiger partial charge in [0.1, 0.15) is 18.1 Å². The summed E-state index contributed by atoms with van der Waals surface area (Å²) in [7, 11) is 1.64. The Labute approximate surface area is 211 Å². The Kier molecular flexibility index (Phi) is 6.69. The van der Waals surface area contributed by atoms with Crippen LogP contribution < -0.4 is 9.47 Å². The first kappa shape index (κ1) is 23.6. The van der Waals surface area contributed by atoms with Crippen LogP contribution in [0.4, 0.5) is 0 Å². The molecule has 1 aliphatic carbocycles. The third-order valence-electron chi connectivity index (χ3n) is 7.10. The maximum atomic E-state index is 13.5. The van der Waals surface area contributed by atoms with Crippen LogP contribution in [0.25, 0.3) is 0 Å². The summed E-state index contributed by atoms with van der Waals surface area (Å²) in [6.45, 7) is 2.38. The van der Waals surface area contributed by atoms with E-state index in [1.165, 1.54) is 0 Å². The predicted octanol–water partition coefficient (Wildman–Crippen LogP) is 6.37. The normalized spacial score (nSPS) is 21.3. The van der Waals surface area contributed by atoms with Gasteiger partial charge in [-0.25, -0.2) is 0 Å². The summed E-state index contributed by atoms with van der Waals surface area (Å²) in [6.07, 6.45) is 1.09. The quantitative estimate of drug-likeness (QED) is 0.414. The van der Waals surface area contributed by atoms with Crippen molar-refractivity contribution in [2.45, 2.75) is 38.2 Å². The minimum Gasteiger partial charge on any atom is -0.497 e. The molecule has 0 spiro atoms. The van der Waals surface area contributed by atoms with Gasteiger partial charge in [0, 0.05) is 29.3 Å². The van der Waals surface area contributed by atoms with Crippen LogP contribution in [-0.4, -0.2) is 18.6 Å². The van der Waals surface area contributed by atoms with E-state index in [1.54, 1.807) is 7.11 Å². The summed E-state index contributed by atoms with van der Waals surface area (Å²) >= 11 is 0. The van der Waals surface area contributed by atoms with Gasteiger partial charge in [0.2, 0.25) is 0 Å². The molecule has 5 heteroatoms. The molecular weight excluding hydrogens is 448 g/mol. The van der Waals surface area contributed by atoms with Crippen molar-refractivity contribution < 1.29 is 14.3 Å². The molecule has 0 saturated heterocycles. The fourth-order valence-electron chi connectivity index (χ4n) is 5.21. The molecule has 3 atom stereocenters. The lowest BCUT2D eigenvalue weighted by atomic mass is 9.69. The SMILES string of the molecule is COc1ccc([C@@H]2CC(=O)C3=C(C2)N=C(C)C(C#N)[C@@H]3c2ccc(OCc3ccccc3)cc2)cc1. The highest BCUT2D eigenvalue weighted by atomic mass is 16.5. The number of hydrogen-bond donors (Lipinski definition) is 0. The van der Waals surface area contributed by atoms with E-state index in [0.717, 1.165) is 39.6 Å². The maximum Gasteiger partial charge on any atom is 0.161 e. The highest BCUT2D eigenvalue weighted by molar-refractivity contribution is 6.03. The molecular formula is C31H28N2O3. The Balaban J connectivity index is 1.41. The maximum absolute atomic E-state index is 13.5. The Morgan fingerprint density at radius 2 is 1.58 bits per heavy atom. The van der Waals surface area contributed by atoms with E-state index in [1.807, 2.05) is 85.8 Å². The first-order valence-corrected chi connectivity index (χ1v) is 12.2. The van der Waals surface area contributed by atoms with Gasteiger partial charge in [0.15, 0.2) is 5.78 Å². The van der Waals surface area contributed by atoms with Crippen molar-refractivity contribution in [3.05, 3.63) is 107 Å². The molecule has 0 N–H and O–H groups in total. The number of nitriles is 1. The molecule has 180 valence electrons. The smallest absolute Gasteiger partial charge is 0.161 e. The molecule has 0 fully saturated rings. The van der Waals surface area contributed by atoms with Crippen LogP contribution in [0, 0.1) is 17.2 Å². The van der Waals surface area contributed by atoms with Crippen LogP contribution in [0.15, 0.2) is 95.1 Å². The van der Waals surface area contributed by atoms with Crippen LogP contribution in [0.2, 0.25) is 0 Å². The van der Waals surface area contributed by atoms with Crippen molar-refractivity contribution in [3.8, 4) is 17.6 Å². The molecule has 1 aliphatic heterocycles. The zero-order chi connectivity index (χ0) is 25.1. The van der Waals surface area contributed by atoms with Crippen molar-refractivity contribution in [2.75, 3.05) is 7.11 Å². The molecule has 3 aromatic carbocycles. The van der Waals surface area contributed by atoms with E-state index in [0.29, 0.717) is 25.0 Å². The Hall–Kier alpha value is -4.17. The molecule has 0 radical (unpaired) electrons. The van der Waals surface area contributed by atoms with E-state index >= 15 is 0 Å². The van der Waals surface area contributed by atoms with Gasteiger partial charge in [-0.2, -0.15) is 5.26 Å². The third-order valence-corrected chi connectivity index (χ3v) is 7.10. The van der Waals surface area contributed by atoms with Gasteiger partial charge < -0.3 is 9.47 Å². The zero-order valence-electron chi connectivity index (χ0n) is 20.5. The van der Waals surface area contributed by atoms with Gasteiger partial charge in [0.25, 0.3) is 0 Å². The van der Waals surface area contributed by atoms with Gasteiger partial charge >= 0.3 is 0 Å². The number of methoxy groups -OCH3 is 1. The largest absolute Gasteiger partial charge is 0.497 e. The number of rotatable bonds is 6. The fraction of sp³-hybridized carbons (Fsp3) is 0.258. The van der Waals surface area contributed by atoms with Crippen LogP contribution in [0.3, 0.4) is 0 Å². The van der Waals surface area contributed by atoms with Gasteiger partial charge in [-0.1, -0.05) is 54.6 Å². The van der Waals surface area contributed by atoms with Crippen molar-refractivity contribution >= 4 is 11.5 Å². The van der Waals surface area contributed by atoms with E-state index in [-0.39, 0.29) is 17.6 Å². The second-order valence-corrected chi connectivity index (χ2v) is 9.34. The Morgan fingerprint density at radius 1 is 0.917 bits per heavy atom. The number of benzene rings is 3. The first-order valence-electron chi connectivity index (χ1n) is 12.2. The number of nitrogens with zero attached hydrogens (tertiary/aromatic N) is 2. The lowest BCUT2D eigenvalue weighted by Crippen LogP contribution is -2.32. The van der Waals surface area contributed by atoms with Crippen LogP contribution >= 0.6 is 0 Å². The monoisotopic (exact) mass is 476 g/mol. The van der Waals surface area contributed by atoms with Gasteiger partial charge in [-0.15, -0.1) is 0 Å². The molecule has 5 rings (SSSR count). The Morgan fingerprint density at radius 3 is 2.25 bits per heavy atom. The lowest BCUT2D eigenvalue weighted by molar-refractivity contribution is -0.116. The van der Waals surface area contributed by atoms with Crippen LogP contribution in [0.1, 0.15) is 48.3 Å².